The van der Waals surface area contributed by atoms with Crippen LogP contribution in [0.3, 0.4) is 0 Å². The molecule has 1 heteroatoms. The molecule has 7 rings (SSSR count). The van der Waals surface area contributed by atoms with Gasteiger partial charge in [-0.15, -0.1) is 0 Å². The van der Waals surface area contributed by atoms with Crippen LogP contribution in [0.5, 0.6) is 5.75 Å². The third kappa shape index (κ3) is 3.32. The summed E-state index contributed by atoms with van der Waals surface area (Å²) in [4.78, 5) is 0. The zero-order valence-electron chi connectivity index (χ0n) is 19.8. The van der Waals surface area contributed by atoms with Crippen LogP contribution in [0, 0.1) is 0 Å². The van der Waals surface area contributed by atoms with Crippen molar-refractivity contribution in [1.82, 2.24) is 0 Å². The Kier molecular flexibility index (Phi) is 4.75. The van der Waals surface area contributed by atoms with Gasteiger partial charge in [-0.2, -0.15) is 0 Å². The van der Waals surface area contributed by atoms with Crippen LogP contribution in [0.2, 0.25) is 0 Å². The lowest BCUT2D eigenvalue weighted by Crippen LogP contribution is -1.92. The quantitative estimate of drug-likeness (QED) is 0.279. The predicted octanol–water partition coefficient (Wildman–Crippen LogP) is 9.12. The number of rotatable bonds is 3. The van der Waals surface area contributed by atoms with E-state index >= 15 is 0 Å². The minimum atomic E-state index is 0.298. The molecule has 0 spiro atoms. The molecule has 1 aliphatic carbocycles. The number of phenolic OH excluding ortho intramolecular Hbond substituents is 1. The minimum absolute atomic E-state index is 0.298. The van der Waals surface area contributed by atoms with Gasteiger partial charge in [0.1, 0.15) is 5.75 Å². The third-order valence-corrected chi connectivity index (χ3v) is 7.39. The lowest BCUT2D eigenvalue weighted by atomic mass is 9.86. The van der Waals surface area contributed by atoms with Gasteiger partial charge in [0.15, 0.2) is 0 Å². The van der Waals surface area contributed by atoms with Crippen molar-refractivity contribution in [3.63, 3.8) is 0 Å². The second-order valence-electron chi connectivity index (χ2n) is 9.51. The van der Waals surface area contributed by atoms with Gasteiger partial charge in [-0.25, -0.2) is 0 Å². The molecule has 1 aliphatic rings. The van der Waals surface area contributed by atoms with Crippen LogP contribution in [0.15, 0.2) is 127 Å². The second kappa shape index (κ2) is 8.25. The molecular weight excluding hydrogens is 436 g/mol. The third-order valence-electron chi connectivity index (χ3n) is 7.39. The number of aromatic hydroxyl groups is 1. The molecule has 0 unspecified atom stereocenters. The zero-order valence-corrected chi connectivity index (χ0v) is 19.8. The molecule has 170 valence electrons. The summed E-state index contributed by atoms with van der Waals surface area (Å²) < 4.78 is 0. The Labute approximate surface area is 210 Å². The maximum absolute atomic E-state index is 9.90. The summed E-state index contributed by atoms with van der Waals surface area (Å²) in [6, 6.07) is 44.9. The number of benzene rings is 6. The van der Waals surface area contributed by atoms with E-state index in [0.29, 0.717) is 5.75 Å². The topological polar surface area (TPSA) is 20.2 Å². The van der Waals surface area contributed by atoms with Gasteiger partial charge < -0.3 is 5.11 Å². The fourth-order valence-corrected chi connectivity index (χ4v) is 5.74. The van der Waals surface area contributed by atoms with E-state index in [4.69, 9.17) is 0 Å². The number of hydrogen-bond acceptors (Lipinski definition) is 1. The van der Waals surface area contributed by atoms with E-state index in [1.165, 1.54) is 55.6 Å². The van der Waals surface area contributed by atoms with Crippen molar-refractivity contribution in [1.29, 1.82) is 0 Å². The monoisotopic (exact) mass is 460 g/mol. The molecule has 0 amide bonds. The number of fused-ring (bicyclic) bond motifs is 4. The molecule has 0 saturated heterocycles. The largest absolute Gasteiger partial charge is 0.508 e. The van der Waals surface area contributed by atoms with Crippen LogP contribution >= 0.6 is 0 Å². The van der Waals surface area contributed by atoms with E-state index in [1.807, 2.05) is 12.1 Å². The Hall–Kier alpha value is -4.62. The van der Waals surface area contributed by atoms with Crippen molar-refractivity contribution in [2.75, 3.05) is 0 Å². The molecule has 0 atom stereocenters. The first-order valence-electron chi connectivity index (χ1n) is 12.4. The molecule has 0 heterocycles. The van der Waals surface area contributed by atoms with Gasteiger partial charge in [0.05, 0.1) is 0 Å². The van der Waals surface area contributed by atoms with Crippen LogP contribution in [0.25, 0.3) is 55.3 Å². The Balaban J connectivity index is 1.51. The van der Waals surface area contributed by atoms with Crippen LogP contribution in [-0.4, -0.2) is 5.11 Å². The summed E-state index contributed by atoms with van der Waals surface area (Å²) in [5, 5.41) is 12.1. The molecule has 0 aromatic heterocycles. The molecule has 0 fully saturated rings. The first kappa shape index (κ1) is 20.7. The summed E-state index contributed by atoms with van der Waals surface area (Å²) in [5.74, 6) is 0.298. The molecular formula is C35H24O. The van der Waals surface area contributed by atoms with Gasteiger partial charge in [0.25, 0.3) is 0 Å². The minimum Gasteiger partial charge on any atom is -0.508 e. The molecule has 1 nitrogen and oxygen atoms in total. The summed E-state index contributed by atoms with van der Waals surface area (Å²) in [7, 11) is 0. The second-order valence-corrected chi connectivity index (χ2v) is 9.51. The van der Waals surface area contributed by atoms with Crippen molar-refractivity contribution in [3.8, 4) is 50.3 Å². The Morgan fingerprint density at radius 3 is 1.83 bits per heavy atom. The van der Waals surface area contributed by atoms with Gasteiger partial charge in [-0.05, 0) is 91.0 Å². The Morgan fingerprint density at radius 2 is 1.08 bits per heavy atom. The van der Waals surface area contributed by atoms with E-state index in [1.54, 1.807) is 6.07 Å². The first-order chi connectivity index (χ1) is 17.8. The van der Waals surface area contributed by atoms with Gasteiger partial charge in [0.2, 0.25) is 0 Å². The van der Waals surface area contributed by atoms with Crippen molar-refractivity contribution >= 4 is 10.8 Å². The highest BCUT2D eigenvalue weighted by Crippen LogP contribution is 2.50. The number of phenols is 1. The molecule has 0 bridgehead atoms. The predicted molar refractivity (Wildman–Crippen MR) is 150 cm³/mol. The van der Waals surface area contributed by atoms with E-state index in [9.17, 15) is 5.11 Å². The standard InChI is InChI=1S/C35H24O/c36-29-17-16-25-20-27(15-14-26(25)21-29)30-18-19-32(24-10-5-2-6-11-24)35-33(30)22-28-12-7-13-31(34(28)35)23-8-3-1-4-9-23/h1-21,36H,22H2. The van der Waals surface area contributed by atoms with Gasteiger partial charge in [-0.1, -0.05) is 109 Å². The molecule has 1 N–H and O–H groups in total. The fraction of sp³-hybridized carbons (Fsp3) is 0.0286. The highest BCUT2D eigenvalue weighted by atomic mass is 16.3. The molecule has 6 aromatic rings. The van der Waals surface area contributed by atoms with Gasteiger partial charge in [-0.3, -0.25) is 0 Å². The summed E-state index contributed by atoms with van der Waals surface area (Å²) >= 11 is 0. The van der Waals surface area contributed by atoms with Crippen LogP contribution in [-0.2, 0) is 6.42 Å². The number of hydrogen-bond donors (Lipinski definition) is 1. The lowest BCUT2D eigenvalue weighted by Gasteiger charge is -2.17. The first-order valence-corrected chi connectivity index (χ1v) is 12.4. The fourth-order valence-electron chi connectivity index (χ4n) is 5.74. The Bertz CT molecular complexity index is 1750. The lowest BCUT2D eigenvalue weighted by molar-refractivity contribution is 0.476. The molecule has 36 heavy (non-hydrogen) atoms. The average molecular weight is 461 g/mol. The van der Waals surface area contributed by atoms with E-state index < -0.39 is 0 Å². The molecule has 0 saturated carbocycles. The van der Waals surface area contributed by atoms with Crippen LogP contribution in [0.4, 0.5) is 0 Å². The van der Waals surface area contributed by atoms with Crippen molar-refractivity contribution in [2.45, 2.75) is 6.42 Å². The highest BCUT2D eigenvalue weighted by Gasteiger charge is 2.28. The summed E-state index contributed by atoms with van der Waals surface area (Å²) in [6.45, 7) is 0. The van der Waals surface area contributed by atoms with Crippen molar-refractivity contribution < 1.29 is 5.11 Å². The van der Waals surface area contributed by atoms with E-state index in [-0.39, 0.29) is 0 Å². The maximum Gasteiger partial charge on any atom is 0.116 e. The Morgan fingerprint density at radius 1 is 0.444 bits per heavy atom. The maximum atomic E-state index is 9.90. The molecule has 0 aliphatic heterocycles. The van der Waals surface area contributed by atoms with Crippen LogP contribution in [0.1, 0.15) is 11.1 Å². The zero-order chi connectivity index (χ0) is 24.1. The van der Waals surface area contributed by atoms with E-state index in [0.717, 1.165) is 17.2 Å². The SMILES string of the molecule is Oc1ccc2cc(-c3ccc(-c4ccccc4)c4c3Cc3cccc(-c5ccccc5)c3-4)ccc2c1. The summed E-state index contributed by atoms with van der Waals surface area (Å²) in [6.07, 6.45) is 0.912. The van der Waals surface area contributed by atoms with Crippen molar-refractivity contribution in [2.24, 2.45) is 0 Å². The highest BCUT2D eigenvalue weighted by molar-refractivity contribution is 6.01. The molecule has 0 radical (unpaired) electrons. The van der Waals surface area contributed by atoms with Gasteiger partial charge in [0, 0.05) is 0 Å². The van der Waals surface area contributed by atoms with E-state index in [2.05, 4.69) is 109 Å². The summed E-state index contributed by atoms with van der Waals surface area (Å²) in [5.41, 5.74) is 13.0. The van der Waals surface area contributed by atoms with Crippen LogP contribution < -0.4 is 0 Å². The van der Waals surface area contributed by atoms with Gasteiger partial charge >= 0.3 is 0 Å². The van der Waals surface area contributed by atoms with Crippen molar-refractivity contribution in [3.05, 3.63) is 139 Å². The average Bonchev–Trinajstić information content (AvgIpc) is 3.33. The smallest absolute Gasteiger partial charge is 0.116 e. The normalized spacial score (nSPS) is 11.9. The molecule has 6 aromatic carbocycles.